The summed E-state index contributed by atoms with van der Waals surface area (Å²) in [6, 6.07) is 11.6. The summed E-state index contributed by atoms with van der Waals surface area (Å²) in [6.45, 7) is 0. The fourth-order valence-corrected chi connectivity index (χ4v) is 2.93. The van der Waals surface area contributed by atoms with Gasteiger partial charge in [0.2, 0.25) is 0 Å². The predicted octanol–water partition coefficient (Wildman–Crippen LogP) is 4.23. The maximum atomic E-state index is 12.7. The number of carbonyl (C=O) groups is 1. The maximum Gasteiger partial charge on any atom is 0.261 e. The molecule has 0 saturated carbocycles. The Morgan fingerprint density at radius 2 is 1.86 bits per heavy atom. The molecular weight excluding hydrogens is 323 g/mol. The number of nitriles is 1. The number of ether oxygens (including phenoxy) is 1. The molecule has 1 amide bonds. The number of methoxy groups -OCH3 is 1. The Hall–Kier alpha value is -2.22. The van der Waals surface area contributed by atoms with Crippen molar-refractivity contribution in [2.45, 2.75) is 6.04 Å². The van der Waals surface area contributed by atoms with Gasteiger partial charge in [0, 0.05) is 11.3 Å². The minimum atomic E-state index is -0.731. The average molecular weight is 333 g/mol. The maximum absolute atomic E-state index is 12.7. The smallest absolute Gasteiger partial charge is 0.261 e. The Balaban J connectivity index is 2.12. The van der Waals surface area contributed by atoms with Gasteiger partial charge in [-0.05, 0) is 30.3 Å². The SMILES string of the molecule is COc1ccc(N2C(=O)c3c(ccc(Cl)c3Cl)C2C#N)cc1. The van der Waals surface area contributed by atoms with Gasteiger partial charge in [0.1, 0.15) is 5.75 Å². The zero-order valence-corrected chi connectivity index (χ0v) is 13.0. The van der Waals surface area contributed by atoms with Gasteiger partial charge in [0.25, 0.3) is 5.91 Å². The van der Waals surface area contributed by atoms with Crippen LogP contribution in [0.3, 0.4) is 0 Å². The van der Waals surface area contributed by atoms with Crippen molar-refractivity contribution in [2.75, 3.05) is 12.0 Å². The molecule has 0 bridgehead atoms. The first-order valence-corrected chi connectivity index (χ1v) is 7.19. The van der Waals surface area contributed by atoms with Gasteiger partial charge >= 0.3 is 0 Å². The summed E-state index contributed by atoms with van der Waals surface area (Å²) >= 11 is 12.1. The monoisotopic (exact) mass is 332 g/mol. The second-order valence-electron chi connectivity index (χ2n) is 4.73. The topological polar surface area (TPSA) is 53.3 Å². The molecule has 1 atom stereocenters. The van der Waals surface area contributed by atoms with Crippen LogP contribution < -0.4 is 9.64 Å². The molecule has 0 spiro atoms. The fraction of sp³-hybridized carbons (Fsp3) is 0.125. The molecule has 0 aromatic heterocycles. The lowest BCUT2D eigenvalue weighted by Gasteiger charge is -2.20. The molecule has 1 heterocycles. The van der Waals surface area contributed by atoms with Crippen LogP contribution in [0.1, 0.15) is 22.0 Å². The van der Waals surface area contributed by atoms with Crippen molar-refractivity contribution in [3.63, 3.8) is 0 Å². The number of carbonyl (C=O) groups excluding carboxylic acids is 1. The average Bonchev–Trinajstić information content (AvgIpc) is 2.83. The van der Waals surface area contributed by atoms with Crippen LogP contribution in [-0.2, 0) is 0 Å². The molecule has 2 aromatic carbocycles. The van der Waals surface area contributed by atoms with Gasteiger partial charge < -0.3 is 4.74 Å². The van der Waals surface area contributed by atoms with Crippen LogP contribution in [0.15, 0.2) is 36.4 Å². The number of rotatable bonds is 2. The van der Waals surface area contributed by atoms with Crippen molar-refractivity contribution in [2.24, 2.45) is 0 Å². The number of hydrogen-bond acceptors (Lipinski definition) is 3. The van der Waals surface area contributed by atoms with E-state index in [1.165, 1.54) is 4.90 Å². The third-order valence-corrected chi connectivity index (χ3v) is 4.39. The lowest BCUT2D eigenvalue weighted by atomic mass is 10.1. The summed E-state index contributed by atoms with van der Waals surface area (Å²) in [5.74, 6) is 0.335. The van der Waals surface area contributed by atoms with E-state index in [1.807, 2.05) is 0 Å². The summed E-state index contributed by atoms with van der Waals surface area (Å²) in [7, 11) is 1.56. The highest BCUT2D eigenvalue weighted by Gasteiger charge is 2.40. The van der Waals surface area contributed by atoms with Crippen molar-refractivity contribution < 1.29 is 9.53 Å². The lowest BCUT2D eigenvalue weighted by Crippen LogP contribution is -2.26. The van der Waals surface area contributed by atoms with E-state index in [4.69, 9.17) is 27.9 Å². The molecule has 3 rings (SSSR count). The van der Waals surface area contributed by atoms with Crippen LogP contribution >= 0.6 is 23.2 Å². The molecular formula is C16H10Cl2N2O2. The van der Waals surface area contributed by atoms with Gasteiger partial charge in [-0.1, -0.05) is 29.3 Å². The standard InChI is InChI=1S/C16H10Cl2N2O2/c1-22-10-4-2-9(3-5-10)20-13(8-19)11-6-7-12(17)15(18)14(11)16(20)21/h2-7,13H,1H3. The number of anilines is 1. The van der Waals surface area contributed by atoms with Crippen molar-refractivity contribution >= 4 is 34.8 Å². The molecule has 110 valence electrons. The van der Waals surface area contributed by atoms with Crippen molar-refractivity contribution in [1.29, 1.82) is 5.26 Å². The first kappa shape index (κ1) is 14.7. The third-order valence-electron chi connectivity index (χ3n) is 3.59. The molecule has 1 aliphatic heterocycles. The molecule has 1 unspecified atom stereocenters. The van der Waals surface area contributed by atoms with E-state index in [2.05, 4.69) is 6.07 Å². The molecule has 2 aromatic rings. The third kappa shape index (κ3) is 2.10. The molecule has 6 heteroatoms. The van der Waals surface area contributed by atoms with Gasteiger partial charge in [-0.25, -0.2) is 0 Å². The van der Waals surface area contributed by atoms with E-state index < -0.39 is 6.04 Å². The molecule has 0 fully saturated rings. The normalized spacial score (nSPS) is 16.4. The van der Waals surface area contributed by atoms with E-state index in [-0.39, 0.29) is 16.5 Å². The number of fused-ring (bicyclic) bond motifs is 1. The van der Waals surface area contributed by atoms with E-state index in [0.29, 0.717) is 22.0 Å². The van der Waals surface area contributed by atoms with E-state index in [1.54, 1.807) is 43.5 Å². The lowest BCUT2D eigenvalue weighted by molar-refractivity contribution is 0.0994. The van der Waals surface area contributed by atoms with Gasteiger partial charge in [-0.2, -0.15) is 5.26 Å². The van der Waals surface area contributed by atoms with Crippen LogP contribution in [-0.4, -0.2) is 13.0 Å². The Morgan fingerprint density at radius 3 is 2.45 bits per heavy atom. The molecule has 0 radical (unpaired) electrons. The van der Waals surface area contributed by atoms with Gasteiger partial charge in [0.15, 0.2) is 6.04 Å². The summed E-state index contributed by atoms with van der Waals surface area (Å²) < 4.78 is 5.10. The van der Waals surface area contributed by atoms with Crippen LogP contribution in [0.4, 0.5) is 5.69 Å². The zero-order valence-electron chi connectivity index (χ0n) is 11.5. The quantitative estimate of drug-likeness (QED) is 0.826. The van der Waals surface area contributed by atoms with Crippen molar-refractivity contribution in [3.8, 4) is 11.8 Å². The van der Waals surface area contributed by atoms with Crippen LogP contribution in [0.25, 0.3) is 0 Å². The van der Waals surface area contributed by atoms with Crippen molar-refractivity contribution in [1.82, 2.24) is 0 Å². The summed E-state index contributed by atoms with van der Waals surface area (Å²) in [5.41, 5.74) is 1.45. The molecule has 0 N–H and O–H groups in total. The van der Waals surface area contributed by atoms with Gasteiger partial charge in [0.05, 0.1) is 28.8 Å². The highest BCUT2D eigenvalue weighted by atomic mass is 35.5. The molecule has 22 heavy (non-hydrogen) atoms. The minimum absolute atomic E-state index is 0.181. The predicted molar refractivity (Wildman–Crippen MR) is 84.6 cm³/mol. The highest BCUT2D eigenvalue weighted by Crippen LogP contribution is 2.42. The van der Waals surface area contributed by atoms with Gasteiger partial charge in [-0.3, -0.25) is 9.69 Å². The highest BCUT2D eigenvalue weighted by molar-refractivity contribution is 6.44. The summed E-state index contributed by atoms with van der Waals surface area (Å²) in [4.78, 5) is 14.1. The van der Waals surface area contributed by atoms with E-state index >= 15 is 0 Å². The Labute approximate surface area is 137 Å². The molecule has 4 nitrogen and oxygen atoms in total. The Bertz CT molecular complexity index is 797. The number of nitrogens with zero attached hydrogens (tertiary/aromatic N) is 2. The number of amides is 1. The summed E-state index contributed by atoms with van der Waals surface area (Å²) in [6.07, 6.45) is 0. The van der Waals surface area contributed by atoms with E-state index in [0.717, 1.165) is 0 Å². The Morgan fingerprint density at radius 1 is 1.18 bits per heavy atom. The Kier molecular flexibility index (Phi) is 3.69. The van der Waals surface area contributed by atoms with Crippen LogP contribution in [0, 0.1) is 11.3 Å². The fourth-order valence-electron chi connectivity index (χ4n) is 2.52. The largest absolute Gasteiger partial charge is 0.497 e. The number of hydrogen-bond donors (Lipinski definition) is 0. The van der Waals surface area contributed by atoms with E-state index in [9.17, 15) is 10.1 Å². The van der Waals surface area contributed by atoms with Crippen LogP contribution in [0.5, 0.6) is 5.75 Å². The number of halogens is 2. The van der Waals surface area contributed by atoms with Crippen LogP contribution in [0.2, 0.25) is 10.0 Å². The molecule has 0 aliphatic carbocycles. The zero-order chi connectivity index (χ0) is 15.9. The molecule has 0 saturated heterocycles. The first-order valence-electron chi connectivity index (χ1n) is 6.43. The van der Waals surface area contributed by atoms with Gasteiger partial charge in [-0.15, -0.1) is 0 Å². The first-order chi connectivity index (χ1) is 10.6. The second-order valence-corrected chi connectivity index (χ2v) is 5.52. The number of benzene rings is 2. The molecule has 1 aliphatic rings. The minimum Gasteiger partial charge on any atom is -0.497 e. The van der Waals surface area contributed by atoms with Crippen molar-refractivity contribution in [3.05, 3.63) is 57.6 Å². The second kappa shape index (κ2) is 5.53. The summed E-state index contributed by atoms with van der Waals surface area (Å²) in [5, 5.41) is 9.95.